The van der Waals surface area contributed by atoms with Crippen LogP contribution in [0.3, 0.4) is 0 Å². The van der Waals surface area contributed by atoms with E-state index in [0.29, 0.717) is 5.41 Å². The fourth-order valence-electron chi connectivity index (χ4n) is 2.66. The maximum Gasteiger partial charge on any atom is -0.00350 e. The van der Waals surface area contributed by atoms with E-state index in [-0.39, 0.29) is 0 Å². The van der Waals surface area contributed by atoms with Gasteiger partial charge in [0.2, 0.25) is 0 Å². The largest absolute Gasteiger partial charge is 0.330 e. The third-order valence-corrected chi connectivity index (χ3v) is 3.91. The van der Waals surface area contributed by atoms with Gasteiger partial charge in [-0.05, 0) is 48.8 Å². The van der Waals surface area contributed by atoms with Gasteiger partial charge in [-0.25, -0.2) is 0 Å². The molecule has 1 fully saturated rings. The van der Waals surface area contributed by atoms with Gasteiger partial charge in [0.25, 0.3) is 0 Å². The minimum absolute atomic E-state index is 0.432. The molecule has 1 aromatic carbocycles. The summed E-state index contributed by atoms with van der Waals surface area (Å²) >= 11 is 0. The smallest absolute Gasteiger partial charge is 0.00350 e. The number of aryl methyl sites for hydroxylation is 1. The van der Waals surface area contributed by atoms with Gasteiger partial charge in [-0.15, -0.1) is 0 Å². The Labute approximate surface area is 92.7 Å². The zero-order valence-electron chi connectivity index (χ0n) is 9.63. The molecule has 0 amide bonds. The van der Waals surface area contributed by atoms with Gasteiger partial charge < -0.3 is 5.73 Å². The average Bonchev–Trinajstić information content (AvgIpc) is 2.24. The van der Waals surface area contributed by atoms with Crippen LogP contribution < -0.4 is 5.73 Å². The highest BCUT2D eigenvalue weighted by molar-refractivity contribution is 5.31. The standard InChI is InChI=1S/C14H21N/c1-2-12-4-6-13(7-5-12)14(10-11-15)8-3-9-14/h4-7H,2-3,8-11,15H2,1H3. The van der Waals surface area contributed by atoms with Crippen LogP contribution in [-0.2, 0) is 11.8 Å². The van der Waals surface area contributed by atoms with Gasteiger partial charge in [0, 0.05) is 0 Å². The Kier molecular flexibility index (Phi) is 3.11. The van der Waals surface area contributed by atoms with Crippen LogP contribution in [-0.4, -0.2) is 6.54 Å². The van der Waals surface area contributed by atoms with Crippen molar-refractivity contribution in [2.24, 2.45) is 5.73 Å². The monoisotopic (exact) mass is 203 g/mol. The number of rotatable bonds is 4. The topological polar surface area (TPSA) is 26.0 Å². The molecule has 2 rings (SSSR count). The van der Waals surface area contributed by atoms with Crippen LogP contribution in [0.25, 0.3) is 0 Å². The Balaban J connectivity index is 2.19. The summed E-state index contributed by atoms with van der Waals surface area (Å²) in [5, 5.41) is 0. The van der Waals surface area contributed by atoms with Gasteiger partial charge in [-0.1, -0.05) is 37.6 Å². The Morgan fingerprint density at radius 3 is 2.27 bits per heavy atom. The highest BCUT2D eigenvalue weighted by Crippen LogP contribution is 2.46. The first-order valence-electron chi connectivity index (χ1n) is 6.10. The van der Waals surface area contributed by atoms with Crippen molar-refractivity contribution in [2.45, 2.75) is 44.4 Å². The Bertz CT molecular complexity index is 309. The lowest BCUT2D eigenvalue weighted by molar-refractivity contribution is 0.229. The lowest BCUT2D eigenvalue weighted by Crippen LogP contribution is -2.36. The molecule has 0 bridgehead atoms. The second kappa shape index (κ2) is 4.36. The van der Waals surface area contributed by atoms with Crippen molar-refractivity contribution < 1.29 is 0 Å². The molecule has 1 aromatic rings. The fourth-order valence-corrected chi connectivity index (χ4v) is 2.66. The highest BCUT2D eigenvalue weighted by Gasteiger charge is 2.37. The van der Waals surface area contributed by atoms with Crippen LogP contribution in [0.5, 0.6) is 0 Å². The van der Waals surface area contributed by atoms with Gasteiger partial charge in [0.15, 0.2) is 0 Å². The highest BCUT2D eigenvalue weighted by atomic mass is 14.6. The SMILES string of the molecule is CCc1ccc(C2(CCN)CCC2)cc1. The molecular formula is C14H21N. The summed E-state index contributed by atoms with van der Waals surface area (Å²) in [6.45, 7) is 3.02. The molecule has 1 heteroatoms. The first kappa shape index (κ1) is 10.7. The van der Waals surface area contributed by atoms with Crippen molar-refractivity contribution in [1.29, 1.82) is 0 Å². The normalized spacial score (nSPS) is 18.5. The molecule has 0 atom stereocenters. The molecule has 0 radical (unpaired) electrons. The van der Waals surface area contributed by atoms with Crippen LogP contribution in [0.1, 0.15) is 43.7 Å². The van der Waals surface area contributed by atoms with E-state index < -0.39 is 0 Å². The summed E-state index contributed by atoms with van der Waals surface area (Å²) in [6.07, 6.45) is 6.31. The second-order valence-corrected chi connectivity index (χ2v) is 4.72. The Morgan fingerprint density at radius 2 is 1.87 bits per heavy atom. The van der Waals surface area contributed by atoms with E-state index in [1.165, 1.54) is 30.4 Å². The molecular weight excluding hydrogens is 182 g/mol. The summed E-state index contributed by atoms with van der Waals surface area (Å²) in [6, 6.07) is 9.17. The van der Waals surface area contributed by atoms with Crippen molar-refractivity contribution in [3.8, 4) is 0 Å². The zero-order chi connectivity index (χ0) is 10.7. The van der Waals surface area contributed by atoms with Crippen molar-refractivity contribution in [2.75, 3.05) is 6.54 Å². The first-order valence-corrected chi connectivity index (χ1v) is 6.10. The summed E-state index contributed by atoms with van der Waals surface area (Å²) in [7, 11) is 0. The molecule has 0 aromatic heterocycles. The molecule has 15 heavy (non-hydrogen) atoms. The molecule has 1 aliphatic carbocycles. The van der Waals surface area contributed by atoms with Crippen LogP contribution in [0.4, 0.5) is 0 Å². The molecule has 0 spiro atoms. The van der Waals surface area contributed by atoms with Gasteiger partial charge in [0.1, 0.15) is 0 Å². The lowest BCUT2D eigenvalue weighted by atomic mass is 9.62. The number of nitrogens with two attached hydrogens (primary N) is 1. The van der Waals surface area contributed by atoms with Crippen molar-refractivity contribution in [3.05, 3.63) is 35.4 Å². The van der Waals surface area contributed by atoms with Gasteiger partial charge in [-0.2, -0.15) is 0 Å². The molecule has 0 unspecified atom stereocenters. The molecule has 1 saturated carbocycles. The van der Waals surface area contributed by atoms with E-state index >= 15 is 0 Å². The fraction of sp³-hybridized carbons (Fsp3) is 0.571. The van der Waals surface area contributed by atoms with Gasteiger partial charge >= 0.3 is 0 Å². The van der Waals surface area contributed by atoms with E-state index in [0.717, 1.165) is 19.4 Å². The predicted octanol–water partition coefficient (Wildman–Crippen LogP) is 3.02. The maximum atomic E-state index is 5.72. The Hall–Kier alpha value is -0.820. The quantitative estimate of drug-likeness (QED) is 0.799. The van der Waals surface area contributed by atoms with Crippen molar-refractivity contribution in [1.82, 2.24) is 0 Å². The van der Waals surface area contributed by atoms with Crippen molar-refractivity contribution in [3.63, 3.8) is 0 Å². The van der Waals surface area contributed by atoms with Crippen molar-refractivity contribution >= 4 is 0 Å². The minimum Gasteiger partial charge on any atom is -0.330 e. The summed E-state index contributed by atoms with van der Waals surface area (Å²) in [5.74, 6) is 0. The van der Waals surface area contributed by atoms with E-state index in [4.69, 9.17) is 5.73 Å². The van der Waals surface area contributed by atoms with E-state index in [2.05, 4.69) is 31.2 Å². The number of hydrogen-bond acceptors (Lipinski definition) is 1. The summed E-state index contributed by atoms with van der Waals surface area (Å²) in [4.78, 5) is 0. The maximum absolute atomic E-state index is 5.72. The molecule has 1 aliphatic rings. The molecule has 0 heterocycles. The van der Waals surface area contributed by atoms with E-state index in [1.807, 2.05) is 0 Å². The average molecular weight is 203 g/mol. The predicted molar refractivity (Wildman–Crippen MR) is 65.0 cm³/mol. The first-order chi connectivity index (χ1) is 7.30. The van der Waals surface area contributed by atoms with E-state index in [9.17, 15) is 0 Å². The van der Waals surface area contributed by atoms with Crippen LogP contribution in [0, 0.1) is 0 Å². The minimum atomic E-state index is 0.432. The number of hydrogen-bond donors (Lipinski definition) is 1. The Morgan fingerprint density at radius 1 is 1.20 bits per heavy atom. The van der Waals surface area contributed by atoms with Gasteiger partial charge in [0.05, 0.1) is 0 Å². The van der Waals surface area contributed by atoms with Crippen LogP contribution in [0.15, 0.2) is 24.3 Å². The second-order valence-electron chi connectivity index (χ2n) is 4.72. The van der Waals surface area contributed by atoms with Gasteiger partial charge in [-0.3, -0.25) is 0 Å². The van der Waals surface area contributed by atoms with Crippen LogP contribution in [0.2, 0.25) is 0 Å². The molecule has 1 nitrogen and oxygen atoms in total. The molecule has 2 N–H and O–H groups in total. The third-order valence-electron chi connectivity index (χ3n) is 3.91. The number of benzene rings is 1. The van der Waals surface area contributed by atoms with E-state index in [1.54, 1.807) is 0 Å². The summed E-state index contributed by atoms with van der Waals surface area (Å²) < 4.78 is 0. The third kappa shape index (κ3) is 1.93. The zero-order valence-corrected chi connectivity index (χ0v) is 9.63. The molecule has 0 aliphatic heterocycles. The summed E-state index contributed by atoms with van der Waals surface area (Å²) in [5.41, 5.74) is 9.09. The van der Waals surface area contributed by atoms with Crippen LogP contribution >= 0.6 is 0 Å². The molecule has 82 valence electrons. The molecule has 0 saturated heterocycles. The lowest BCUT2D eigenvalue weighted by Gasteiger charge is -2.42.